The third kappa shape index (κ3) is 13.7. The lowest BCUT2D eigenvalue weighted by atomic mass is 10.0. The summed E-state index contributed by atoms with van der Waals surface area (Å²) in [4.78, 5) is 14.0. The van der Waals surface area contributed by atoms with Gasteiger partial charge in [-0.2, -0.15) is 0 Å². The zero-order chi connectivity index (χ0) is 32.1. The summed E-state index contributed by atoms with van der Waals surface area (Å²) in [6.45, 7) is 8.33. The fourth-order valence-electron chi connectivity index (χ4n) is 5.78. The van der Waals surface area contributed by atoms with E-state index in [9.17, 15) is 13.2 Å². The second kappa shape index (κ2) is 21.8. The van der Waals surface area contributed by atoms with Crippen LogP contribution in [0.3, 0.4) is 0 Å². The molecule has 2 rings (SSSR count). The molecule has 0 bridgehead atoms. The molecule has 0 radical (unpaired) electrons. The predicted molar refractivity (Wildman–Crippen MR) is 189 cm³/mol. The topological polar surface area (TPSA) is 73.2 Å². The average Bonchev–Trinajstić information content (AvgIpc) is 3.01. The minimum absolute atomic E-state index is 0.205. The van der Waals surface area contributed by atoms with Crippen LogP contribution in [0.25, 0.3) is 0 Å². The lowest BCUT2D eigenvalue weighted by molar-refractivity contribution is 0.0521. The van der Waals surface area contributed by atoms with E-state index in [2.05, 4.69) is 13.8 Å². The second-order valence-corrected chi connectivity index (χ2v) is 17.1. The first kappa shape index (κ1) is 38.4. The van der Waals surface area contributed by atoms with Crippen molar-refractivity contribution in [3.05, 3.63) is 59.7 Å². The summed E-state index contributed by atoms with van der Waals surface area (Å²) in [6, 6.07) is 14.2. The molecule has 250 valence electrons. The highest BCUT2D eigenvalue weighted by molar-refractivity contribution is 8.32. The van der Waals surface area contributed by atoms with Crippen molar-refractivity contribution in [2.24, 2.45) is 0 Å². The lowest BCUT2D eigenvalue weighted by Crippen LogP contribution is -2.24. The monoisotopic (exact) mass is 649 g/mol. The highest BCUT2D eigenvalue weighted by atomic mass is 32.3. The zero-order valence-corrected chi connectivity index (χ0v) is 29.8. The number of carbonyl (C=O) groups excluding carboxylic acids is 1. The van der Waals surface area contributed by atoms with Gasteiger partial charge in [-0.25, -0.2) is 4.79 Å². The number of benzene rings is 2. The number of rotatable bonds is 25. The minimum atomic E-state index is -3.92. The first-order chi connectivity index (χ1) is 21.3. The fraction of sp³-hybridized carbons (Fsp3) is 0.649. The number of ether oxygens (including phenoxy) is 1. The number of carbonyl (C=O) groups is 1. The Kier molecular flexibility index (Phi) is 19.0. The zero-order valence-electron chi connectivity index (χ0n) is 28.2. The van der Waals surface area contributed by atoms with Crippen molar-refractivity contribution in [1.29, 1.82) is 0 Å². The van der Waals surface area contributed by atoms with E-state index in [1.54, 1.807) is 37.3 Å². The van der Waals surface area contributed by atoms with Crippen LogP contribution in [0.4, 0.5) is 0 Å². The van der Waals surface area contributed by atoms with Crippen molar-refractivity contribution in [3.63, 3.8) is 0 Å². The molecule has 1 atom stereocenters. The average molecular weight is 650 g/mol. The van der Waals surface area contributed by atoms with Crippen LogP contribution in [0, 0.1) is 6.92 Å². The van der Waals surface area contributed by atoms with E-state index >= 15 is 0 Å². The van der Waals surface area contributed by atoms with Crippen LogP contribution in [0.1, 0.15) is 146 Å². The maximum atomic E-state index is 13.7. The predicted octanol–water partition coefficient (Wildman–Crippen LogP) is 11.4. The Morgan fingerprint density at radius 3 is 1.64 bits per heavy atom. The largest absolute Gasteiger partial charge is 0.462 e. The summed E-state index contributed by atoms with van der Waals surface area (Å²) in [7, 11) is -6.14. The molecular weight excluding hydrogens is 589 g/mol. The molecule has 1 N–H and O–H groups in total. The van der Waals surface area contributed by atoms with Gasteiger partial charge in [0.05, 0.1) is 17.1 Å². The molecule has 0 spiro atoms. The van der Waals surface area contributed by atoms with Crippen molar-refractivity contribution in [3.8, 4) is 0 Å². The summed E-state index contributed by atoms with van der Waals surface area (Å²) in [5.41, 5.74) is 1.44. The minimum Gasteiger partial charge on any atom is -0.462 e. The highest BCUT2D eigenvalue weighted by Gasteiger charge is 2.41. The standard InChI is InChI=1S/C37H60O5S2/c1-5-8-9-10-11-12-13-14-15-16-17-18-19-20-21-24-32-43(31-6-2,36-26-23-22-25-35(36)37(38)41-7-3)42-44(39,40)34-29-27-33(4)28-30-34/h22-23,25-30H,5-21,24,31-32H2,1-4H3/p+1. The number of hydrogen-bond donors (Lipinski definition) is 0. The Morgan fingerprint density at radius 1 is 0.636 bits per heavy atom. The molecule has 0 fully saturated rings. The van der Waals surface area contributed by atoms with Gasteiger partial charge in [-0.15, -0.1) is 8.42 Å². The van der Waals surface area contributed by atoms with Gasteiger partial charge in [-0.1, -0.05) is 140 Å². The molecule has 2 aromatic rings. The van der Waals surface area contributed by atoms with Gasteiger partial charge >= 0.3 is 16.1 Å². The number of esters is 1. The first-order valence-corrected chi connectivity index (χ1v) is 20.8. The Labute approximate surface area is 271 Å². The lowest BCUT2D eigenvalue weighted by Gasteiger charge is -2.35. The molecule has 1 unspecified atom stereocenters. The highest BCUT2D eigenvalue weighted by Crippen LogP contribution is 2.59. The third-order valence-corrected chi connectivity index (χ3v) is 14.2. The van der Waals surface area contributed by atoms with Crippen molar-refractivity contribution in [1.82, 2.24) is 0 Å². The van der Waals surface area contributed by atoms with E-state index in [1.165, 1.54) is 83.5 Å². The van der Waals surface area contributed by atoms with Crippen LogP contribution >= 0.6 is 10.3 Å². The van der Waals surface area contributed by atoms with Crippen molar-refractivity contribution in [2.75, 3.05) is 18.1 Å². The van der Waals surface area contributed by atoms with Crippen LogP contribution in [-0.4, -0.2) is 36.1 Å². The quantitative estimate of drug-likeness (QED) is 0.0464. The molecule has 0 saturated heterocycles. The normalized spacial score (nSPS) is 13.8. The molecule has 0 aliphatic heterocycles. The van der Waals surface area contributed by atoms with Gasteiger partial charge in [0.15, 0.2) is 0 Å². The van der Waals surface area contributed by atoms with E-state index in [-0.39, 0.29) is 11.5 Å². The van der Waals surface area contributed by atoms with E-state index in [0.717, 1.165) is 36.1 Å². The van der Waals surface area contributed by atoms with Gasteiger partial charge < -0.3 is 4.74 Å². The Balaban J connectivity index is 1.98. The van der Waals surface area contributed by atoms with Crippen molar-refractivity contribution >= 4 is 26.4 Å². The molecule has 0 aliphatic carbocycles. The van der Waals surface area contributed by atoms with Crippen LogP contribution < -0.4 is 0 Å². The molecule has 5 nitrogen and oxygen atoms in total. The summed E-state index contributed by atoms with van der Waals surface area (Å²) < 4.78 is 37.6. The maximum Gasteiger partial charge on any atom is 0.421 e. The van der Waals surface area contributed by atoms with Crippen LogP contribution in [0.5, 0.6) is 0 Å². The van der Waals surface area contributed by atoms with Crippen LogP contribution in [0.15, 0.2) is 58.3 Å². The Hall–Kier alpha value is -1.83. The molecule has 7 heteroatoms. The third-order valence-electron chi connectivity index (χ3n) is 8.23. The van der Waals surface area contributed by atoms with E-state index in [4.69, 9.17) is 8.37 Å². The molecule has 0 amide bonds. The van der Waals surface area contributed by atoms with Crippen LogP contribution in [-0.2, 0) is 14.9 Å². The van der Waals surface area contributed by atoms with Crippen molar-refractivity contribution < 1.29 is 21.6 Å². The molecule has 44 heavy (non-hydrogen) atoms. The van der Waals surface area contributed by atoms with E-state index in [1.807, 2.05) is 25.1 Å². The summed E-state index contributed by atoms with van der Waals surface area (Å²) in [5, 5.41) is 0. The van der Waals surface area contributed by atoms with Crippen LogP contribution in [0.2, 0.25) is 0 Å². The van der Waals surface area contributed by atoms with Gasteiger partial charge in [0.25, 0.3) is 0 Å². The summed E-state index contributed by atoms with van der Waals surface area (Å²) >= 11 is 0. The van der Waals surface area contributed by atoms with Gasteiger partial charge in [0, 0.05) is 21.8 Å². The van der Waals surface area contributed by atoms with Gasteiger partial charge in [-0.3, -0.25) is 3.63 Å². The van der Waals surface area contributed by atoms with E-state index < -0.39 is 26.4 Å². The molecule has 0 saturated carbocycles. The molecule has 0 aromatic heterocycles. The second-order valence-electron chi connectivity index (χ2n) is 12.1. The van der Waals surface area contributed by atoms with Gasteiger partial charge in [0.2, 0.25) is 0 Å². The van der Waals surface area contributed by atoms with E-state index in [0.29, 0.717) is 17.1 Å². The summed E-state index contributed by atoms with van der Waals surface area (Å²) in [5.74, 6) is 0.861. The van der Waals surface area contributed by atoms with Gasteiger partial charge in [-0.05, 0) is 51.0 Å². The molecule has 2 aromatic carbocycles. The molecule has 0 heterocycles. The SMILES string of the molecule is CCCCCCCCCCCCCCCCCCS(CCC)([OH+]S(=O)(=O)c1ccc(C)cc1)c1ccccc1C(=O)OCC. The Bertz CT molecular complexity index is 1160. The Morgan fingerprint density at radius 2 is 1.14 bits per heavy atom. The van der Waals surface area contributed by atoms with Gasteiger partial charge in [0.1, 0.15) is 4.90 Å². The van der Waals surface area contributed by atoms with Crippen molar-refractivity contribution in [2.45, 2.75) is 147 Å². The smallest absolute Gasteiger partial charge is 0.421 e. The molecular formula is C37H61O5S2+. The number of aryl methyl sites for hydroxylation is 1. The molecule has 0 aliphatic rings. The number of hydrogen-bond acceptors (Lipinski definition) is 4. The summed E-state index contributed by atoms with van der Waals surface area (Å²) in [6.07, 6.45) is 21.4. The fourth-order valence-corrected chi connectivity index (χ4v) is 11.9. The number of unbranched alkanes of at least 4 members (excludes halogenated alkanes) is 15. The first-order valence-electron chi connectivity index (χ1n) is 17.4. The maximum absolute atomic E-state index is 13.7.